The van der Waals surface area contributed by atoms with E-state index in [4.69, 9.17) is 0 Å². The average Bonchev–Trinajstić information content (AvgIpc) is 2.16. The van der Waals surface area contributed by atoms with Crippen LogP contribution in [0.25, 0.3) is 10.9 Å². The molecule has 1 N–H and O–H groups in total. The van der Waals surface area contributed by atoms with Gasteiger partial charge in [-0.2, -0.15) is 0 Å². The lowest BCUT2D eigenvalue weighted by molar-refractivity contribution is 0.112. The zero-order valence-electron chi connectivity index (χ0n) is 6.77. The molecule has 2 rings (SSSR count). The zero-order chi connectivity index (χ0) is 9.26. The number of benzene rings is 1. The molecule has 3 nitrogen and oxygen atoms in total. The van der Waals surface area contributed by atoms with Gasteiger partial charge in [-0.05, 0) is 6.07 Å². The van der Waals surface area contributed by atoms with Gasteiger partial charge in [-0.3, -0.25) is 4.79 Å². The Labute approximate surface area is 74.7 Å². The Morgan fingerprint density at radius 3 is 2.85 bits per heavy atom. The first-order valence-corrected chi connectivity index (χ1v) is 3.85. The molecule has 0 unspecified atom stereocenters. The van der Waals surface area contributed by atoms with Gasteiger partial charge >= 0.3 is 0 Å². The fraction of sp³-hybridized carbons (Fsp3) is 0. The Balaban J connectivity index is 2.89. The minimum Gasteiger partial charge on any atom is -0.493 e. The van der Waals surface area contributed by atoms with Crippen LogP contribution in [-0.4, -0.2) is 16.4 Å². The molecule has 1 aromatic carbocycles. The molecule has 0 aliphatic carbocycles. The number of hydrogen-bond donors (Lipinski definition) is 1. The van der Waals surface area contributed by atoms with Crippen molar-refractivity contribution < 1.29 is 9.90 Å². The van der Waals surface area contributed by atoms with Gasteiger partial charge in [-0.15, -0.1) is 0 Å². The van der Waals surface area contributed by atoms with Gasteiger partial charge < -0.3 is 5.11 Å². The van der Waals surface area contributed by atoms with Crippen LogP contribution in [-0.2, 0) is 0 Å². The van der Waals surface area contributed by atoms with Gasteiger partial charge in [0.15, 0.2) is 6.29 Å². The number of nitrogens with zero attached hydrogens (tertiary/aromatic N) is 1. The SMILES string of the molecule is O=Cc1cc(O)nc2ccccc12. The summed E-state index contributed by atoms with van der Waals surface area (Å²) in [5.74, 6) is -0.124. The minimum absolute atomic E-state index is 0.124. The molecule has 0 radical (unpaired) electrons. The molecule has 1 aromatic heterocycles. The van der Waals surface area contributed by atoms with Crippen LogP contribution >= 0.6 is 0 Å². The minimum atomic E-state index is -0.124. The fourth-order valence-electron chi connectivity index (χ4n) is 1.29. The zero-order valence-corrected chi connectivity index (χ0v) is 6.77. The molecule has 2 aromatic rings. The third kappa shape index (κ3) is 1.24. The van der Waals surface area contributed by atoms with E-state index in [0.717, 1.165) is 5.39 Å². The summed E-state index contributed by atoms with van der Waals surface area (Å²) >= 11 is 0. The maximum atomic E-state index is 10.6. The van der Waals surface area contributed by atoms with Crippen molar-refractivity contribution in [2.75, 3.05) is 0 Å². The molecule has 0 atom stereocenters. The van der Waals surface area contributed by atoms with Crippen molar-refractivity contribution in [1.82, 2.24) is 4.98 Å². The summed E-state index contributed by atoms with van der Waals surface area (Å²) in [6, 6.07) is 8.54. The van der Waals surface area contributed by atoms with E-state index in [1.54, 1.807) is 12.1 Å². The number of carbonyl (C=O) groups excluding carboxylic acids is 1. The van der Waals surface area contributed by atoms with Crippen molar-refractivity contribution in [3.05, 3.63) is 35.9 Å². The molecule has 0 saturated heterocycles. The van der Waals surface area contributed by atoms with Crippen LogP contribution in [0.2, 0.25) is 0 Å². The lowest BCUT2D eigenvalue weighted by Crippen LogP contribution is -1.86. The van der Waals surface area contributed by atoms with E-state index >= 15 is 0 Å². The van der Waals surface area contributed by atoms with Crippen LogP contribution in [0.3, 0.4) is 0 Å². The van der Waals surface area contributed by atoms with Gasteiger partial charge in [-0.1, -0.05) is 18.2 Å². The summed E-state index contributed by atoms with van der Waals surface area (Å²) in [6.45, 7) is 0. The van der Waals surface area contributed by atoms with Crippen molar-refractivity contribution in [2.45, 2.75) is 0 Å². The second kappa shape index (κ2) is 2.86. The monoisotopic (exact) mass is 173 g/mol. The molecule has 13 heavy (non-hydrogen) atoms. The van der Waals surface area contributed by atoms with Crippen LogP contribution in [0.5, 0.6) is 5.88 Å². The summed E-state index contributed by atoms with van der Waals surface area (Å²) in [4.78, 5) is 14.5. The Bertz CT molecular complexity index is 465. The fourth-order valence-corrected chi connectivity index (χ4v) is 1.29. The van der Waals surface area contributed by atoms with Crippen LogP contribution in [0, 0.1) is 0 Å². The highest BCUT2D eigenvalue weighted by atomic mass is 16.3. The molecule has 0 fully saturated rings. The molecule has 0 bridgehead atoms. The smallest absolute Gasteiger partial charge is 0.212 e. The topological polar surface area (TPSA) is 50.2 Å². The number of carbonyl (C=O) groups is 1. The van der Waals surface area contributed by atoms with Crippen LogP contribution in [0.1, 0.15) is 10.4 Å². The predicted molar refractivity (Wildman–Crippen MR) is 48.8 cm³/mol. The van der Waals surface area contributed by atoms with Gasteiger partial charge in [0.1, 0.15) is 0 Å². The number of hydrogen-bond acceptors (Lipinski definition) is 3. The lowest BCUT2D eigenvalue weighted by atomic mass is 10.1. The van der Waals surface area contributed by atoms with Crippen molar-refractivity contribution in [1.29, 1.82) is 0 Å². The highest BCUT2D eigenvalue weighted by Crippen LogP contribution is 2.19. The first-order valence-electron chi connectivity index (χ1n) is 3.85. The Morgan fingerprint density at radius 2 is 2.08 bits per heavy atom. The van der Waals surface area contributed by atoms with Gasteiger partial charge in [0.05, 0.1) is 5.52 Å². The number of aromatic hydroxyl groups is 1. The Kier molecular flexibility index (Phi) is 1.70. The summed E-state index contributed by atoms with van der Waals surface area (Å²) in [5.41, 5.74) is 1.09. The van der Waals surface area contributed by atoms with Crippen molar-refractivity contribution in [2.24, 2.45) is 0 Å². The molecule has 64 valence electrons. The van der Waals surface area contributed by atoms with E-state index in [-0.39, 0.29) is 5.88 Å². The van der Waals surface area contributed by atoms with Crippen LogP contribution in [0.4, 0.5) is 0 Å². The van der Waals surface area contributed by atoms with Crippen LogP contribution < -0.4 is 0 Å². The quantitative estimate of drug-likeness (QED) is 0.668. The van der Waals surface area contributed by atoms with E-state index in [2.05, 4.69) is 4.98 Å². The molecule has 0 aliphatic rings. The molecular weight excluding hydrogens is 166 g/mol. The van der Waals surface area contributed by atoms with E-state index < -0.39 is 0 Å². The van der Waals surface area contributed by atoms with Crippen LogP contribution in [0.15, 0.2) is 30.3 Å². The normalized spacial score (nSPS) is 10.2. The standard InChI is InChI=1S/C10H7NO2/c12-6-7-5-10(13)11-9-4-2-1-3-8(7)9/h1-6H,(H,11,13). The molecule has 0 aliphatic heterocycles. The summed E-state index contributed by atoms with van der Waals surface area (Å²) < 4.78 is 0. The van der Waals surface area contributed by atoms with Crippen molar-refractivity contribution in [3.8, 4) is 5.88 Å². The van der Waals surface area contributed by atoms with Gasteiger partial charge in [0, 0.05) is 17.0 Å². The number of pyridine rings is 1. The lowest BCUT2D eigenvalue weighted by Gasteiger charge is -1.99. The van der Waals surface area contributed by atoms with E-state index in [9.17, 15) is 9.90 Å². The number of rotatable bonds is 1. The first-order chi connectivity index (χ1) is 6.31. The Morgan fingerprint density at radius 1 is 1.31 bits per heavy atom. The molecule has 3 heteroatoms. The maximum Gasteiger partial charge on any atom is 0.212 e. The van der Waals surface area contributed by atoms with E-state index in [1.807, 2.05) is 12.1 Å². The van der Waals surface area contributed by atoms with Gasteiger partial charge in [0.25, 0.3) is 0 Å². The number of fused-ring (bicyclic) bond motifs is 1. The highest BCUT2D eigenvalue weighted by molar-refractivity contribution is 5.96. The second-order valence-corrected chi connectivity index (χ2v) is 2.70. The third-order valence-electron chi connectivity index (χ3n) is 1.86. The maximum absolute atomic E-state index is 10.6. The molecule has 0 amide bonds. The summed E-state index contributed by atoms with van der Waals surface area (Å²) in [7, 11) is 0. The summed E-state index contributed by atoms with van der Waals surface area (Å²) in [6.07, 6.45) is 0.712. The predicted octanol–water partition coefficient (Wildman–Crippen LogP) is 1.75. The third-order valence-corrected chi connectivity index (χ3v) is 1.86. The number of aromatic nitrogens is 1. The van der Waals surface area contributed by atoms with E-state index in [0.29, 0.717) is 17.4 Å². The molecule has 1 heterocycles. The Hall–Kier alpha value is -1.90. The molecule has 0 spiro atoms. The average molecular weight is 173 g/mol. The number of aldehydes is 1. The van der Waals surface area contributed by atoms with Crippen molar-refractivity contribution >= 4 is 17.2 Å². The summed E-state index contributed by atoms with van der Waals surface area (Å²) in [5, 5.41) is 9.93. The molecular formula is C10H7NO2. The van der Waals surface area contributed by atoms with Crippen molar-refractivity contribution in [3.63, 3.8) is 0 Å². The number of para-hydroxylation sites is 1. The van der Waals surface area contributed by atoms with Gasteiger partial charge in [0.2, 0.25) is 5.88 Å². The largest absolute Gasteiger partial charge is 0.493 e. The van der Waals surface area contributed by atoms with E-state index in [1.165, 1.54) is 6.07 Å². The second-order valence-electron chi connectivity index (χ2n) is 2.70. The van der Waals surface area contributed by atoms with Gasteiger partial charge in [-0.25, -0.2) is 4.98 Å². The first kappa shape index (κ1) is 7.73. The molecule has 0 saturated carbocycles. The highest BCUT2D eigenvalue weighted by Gasteiger charge is 2.02.